The van der Waals surface area contributed by atoms with Crippen LogP contribution in [0.15, 0.2) is 39.9 Å². The molecule has 1 amide bonds. The van der Waals surface area contributed by atoms with E-state index in [-0.39, 0.29) is 6.61 Å². The molecule has 0 spiro atoms. The highest BCUT2D eigenvalue weighted by Crippen LogP contribution is 2.14. The molecule has 1 heterocycles. The van der Waals surface area contributed by atoms with Gasteiger partial charge in [0.25, 0.3) is 5.56 Å². The second-order valence-corrected chi connectivity index (χ2v) is 4.56. The third kappa shape index (κ3) is 3.02. The number of carbonyl (C=O) groups is 1. The van der Waals surface area contributed by atoms with Crippen LogP contribution in [0.5, 0.6) is 5.75 Å². The molecule has 1 aromatic carbocycles. The van der Waals surface area contributed by atoms with Gasteiger partial charge in [-0.3, -0.25) is 18.7 Å². The molecule has 0 bridgehead atoms. The summed E-state index contributed by atoms with van der Waals surface area (Å²) in [7, 11) is 2.96. The average molecular weight is 289 g/mol. The van der Waals surface area contributed by atoms with Gasteiger partial charge in [-0.15, -0.1) is 0 Å². The van der Waals surface area contributed by atoms with Gasteiger partial charge in [0.15, 0.2) is 0 Å². The number of rotatable bonds is 4. The van der Waals surface area contributed by atoms with Crippen LogP contribution in [0.4, 0.5) is 0 Å². The molecule has 7 nitrogen and oxygen atoms in total. The molecule has 0 unspecified atom stereocenters. The summed E-state index contributed by atoms with van der Waals surface area (Å²) in [6, 6.07) is 7.70. The lowest BCUT2D eigenvalue weighted by molar-refractivity contribution is 0.1000. The average Bonchev–Trinajstić information content (AvgIpc) is 2.47. The van der Waals surface area contributed by atoms with Crippen LogP contribution >= 0.6 is 0 Å². The van der Waals surface area contributed by atoms with Crippen molar-refractivity contribution in [2.24, 2.45) is 19.8 Å². The molecule has 0 radical (unpaired) electrons. The Balaban J connectivity index is 2.25. The number of hydrogen-bond donors (Lipinski definition) is 1. The summed E-state index contributed by atoms with van der Waals surface area (Å²) in [5.41, 5.74) is 5.12. The minimum Gasteiger partial charge on any atom is -0.487 e. The van der Waals surface area contributed by atoms with Crippen LogP contribution < -0.4 is 21.7 Å². The largest absolute Gasteiger partial charge is 0.487 e. The summed E-state index contributed by atoms with van der Waals surface area (Å²) in [6.45, 7) is 0.0318. The summed E-state index contributed by atoms with van der Waals surface area (Å²) in [5.74, 6) is -0.124. The van der Waals surface area contributed by atoms with Crippen LogP contribution in [-0.2, 0) is 20.7 Å². The lowest BCUT2D eigenvalue weighted by atomic mass is 10.2. The topological polar surface area (TPSA) is 96.3 Å². The number of ether oxygens (including phenoxy) is 1. The third-order valence-electron chi connectivity index (χ3n) is 3.13. The number of aromatic nitrogens is 2. The molecule has 0 fully saturated rings. The fraction of sp³-hybridized carbons (Fsp3) is 0.214. The zero-order chi connectivity index (χ0) is 15.6. The van der Waals surface area contributed by atoms with Crippen LogP contribution in [0.25, 0.3) is 0 Å². The second-order valence-electron chi connectivity index (χ2n) is 4.56. The third-order valence-corrected chi connectivity index (χ3v) is 3.13. The van der Waals surface area contributed by atoms with E-state index in [1.165, 1.54) is 23.7 Å². The first-order valence-corrected chi connectivity index (χ1v) is 6.18. The Morgan fingerprint density at radius 1 is 1.19 bits per heavy atom. The van der Waals surface area contributed by atoms with E-state index in [9.17, 15) is 14.4 Å². The van der Waals surface area contributed by atoms with Crippen LogP contribution in [0.3, 0.4) is 0 Å². The summed E-state index contributed by atoms with van der Waals surface area (Å²) in [6.07, 6.45) is 0. The van der Waals surface area contributed by atoms with Gasteiger partial charge in [0.2, 0.25) is 5.91 Å². The Morgan fingerprint density at radius 2 is 1.90 bits per heavy atom. The molecule has 21 heavy (non-hydrogen) atoms. The van der Waals surface area contributed by atoms with Crippen molar-refractivity contribution in [1.29, 1.82) is 0 Å². The molecule has 0 saturated heterocycles. The maximum absolute atomic E-state index is 11.8. The molecular formula is C14H15N3O4. The maximum atomic E-state index is 11.8. The van der Waals surface area contributed by atoms with E-state index >= 15 is 0 Å². The summed E-state index contributed by atoms with van der Waals surface area (Å²) in [5, 5.41) is 0. The van der Waals surface area contributed by atoms with Crippen molar-refractivity contribution in [2.75, 3.05) is 0 Å². The minimum absolute atomic E-state index is 0.0318. The molecule has 0 aliphatic carbocycles. The van der Waals surface area contributed by atoms with Crippen molar-refractivity contribution in [3.8, 4) is 5.75 Å². The number of amides is 1. The van der Waals surface area contributed by atoms with Crippen molar-refractivity contribution in [1.82, 2.24) is 9.13 Å². The molecule has 0 saturated carbocycles. The van der Waals surface area contributed by atoms with Gasteiger partial charge < -0.3 is 10.5 Å². The van der Waals surface area contributed by atoms with E-state index < -0.39 is 17.2 Å². The van der Waals surface area contributed by atoms with Crippen molar-refractivity contribution in [3.63, 3.8) is 0 Å². The molecule has 7 heteroatoms. The normalized spacial score (nSPS) is 10.4. The predicted octanol–water partition coefficient (Wildman–Crippen LogP) is -0.238. The van der Waals surface area contributed by atoms with Crippen LogP contribution in [0.1, 0.15) is 16.1 Å². The highest BCUT2D eigenvalue weighted by atomic mass is 16.5. The number of nitrogens with zero attached hydrogens (tertiary/aromatic N) is 2. The molecule has 2 rings (SSSR count). The first-order chi connectivity index (χ1) is 9.90. The van der Waals surface area contributed by atoms with Crippen LogP contribution in [0, 0.1) is 0 Å². The Morgan fingerprint density at radius 3 is 2.57 bits per heavy atom. The molecule has 0 aliphatic heterocycles. The molecule has 2 aromatic rings. The van der Waals surface area contributed by atoms with Gasteiger partial charge in [0.1, 0.15) is 12.4 Å². The second kappa shape index (κ2) is 5.66. The van der Waals surface area contributed by atoms with Gasteiger partial charge in [-0.1, -0.05) is 6.07 Å². The van der Waals surface area contributed by atoms with Crippen molar-refractivity contribution in [3.05, 3.63) is 62.4 Å². The van der Waals surface area contributed by atoms with Gasteiger partial charge in [-0.25, -0.2) is 4.79 Å². The van der Waals surface area contributed by atoms with Crippen molar-refractivity contribution in [2.45, 2.75) is 6.61 Å². The smallest absolute Gasteiger partial charge is 0.330 e. The van der Waals surface area contributed by atoms with E-state index in [0.29, 0.717) is 17.0 Å². The Hall–Kier alpha value is -2.83. The standard InChI is InChI=1S/C14H15N3O4/c1-16-10(7-12(18)17(2)14(16)20)8-21-11-5-3-4-9(6-11)13(15)19/h3-7H,8H2,1-2H3,(H2,15,19). The predicted molar refractivity (Wildman–Crippen MR) is 76.2 cm³/mol. The van der Waals surface area contributed by atoms with Crippen LogP contribution in [-0.4, -0.2) is 15.0 Å². The Kier molecular flexibility index (Phi) is 3.93. The lowest BCUT2D eigenvalue weighted by Crippen LogP contribution is -2.38. The Labute approximate surface area is 120 Å². The van der Waals surface area contributed by atoms with E-state index in [2.05, 4.69) is 0 Å². The molecular weight excluding hydrogens is 274 g/mol. The zero-order valence-electron chi connectivity index (χ0n) is 11.7. The molecule has 2 N–H and O–H groups in total. The highest BCUT2D eigenvalue weighted by Gasteiger charge is 2.07. The van der Waals surface area contributed by atoms with Crippen molar-refractivity contribution < 1.29 is 9.53 Å². The van der Waals surface area contributed by atoms with Gasteiger partial charge in [0.05, 0.1) is 5.69 Å². The molecule has 0 atom stereocenters. The number of hydrogen-bond acceptors (Lipinski definition) is 4. The maximum Gasteiger partial charge on any atom is 0.330 e. The van der Waals surface area contributed by atoms with Crippen molar-refractivity contribution >= 4 is 5.91 Å². The van der Waals surface area contributed by atoms with Gasteiger partial charge >= 0.3 is 5.69 Å². The number of carbonyl (C=O) groups excluding carboxylic acids is 1. The summed E-state index contributed by atoms with van der Waals surface area (Å²) >= 11 is 0. The van der Waals surface area contributed by atoms with E-state index in [4.69, 9.17) is 10.5 Å². The van der Waals surface area contributed by atoms with Gasteiger partial charge in [-0.2, -0.15) is 0 Å². The number of primary amides is 1. The molecule has 0 aliphatic rings. The fourth-order valence-electron chi connectivity index (χ4n) is 1.81. The monoisotopic (exact) mass is 289 g/mol. The first kappa shape index (κ1) is 14.6. The number of benzene rings is 1. The highest BCUT2D eigenvalue weighted by molar-refractivity contribution is 5.93. The zero-order valence-corrected chi connectivity index (χ0v) is 11.7. The number of nitrogens with two attached hydrogens (primary N) is 1. The Bertz CT molecular complexity index is 805. The minimum atomic E-state index is -0.554. The lowest BCUT2D eigenvalue weighted by Gasteiger charge is -2.11. The van der Waals surface area contributed by atoms with E-state index in [0.717, 1.165) is 4.57 Å². The van der Waals surface area contributed by atoms with E-state index in [1.807, 2.05) is 0 Å². The molecule has 1 aromatic heterocycles. The molecule has 110 valence electrons. The van der Waals surface area contributed by atoms with Gasteiger partial charge in [0, 0.05) is 25.7 Å². The van der Waals surface area contributed by atoms with Gasteiger partial charge in [-0.05, 0) is 18.2 Å². The summed E-state index contributed by atoms with van der Waals surface area (Å²) in [4.78, 5) is 34.5. The van der Waals surface area contributed by atoms with Crippen LogP contribution in [0.2, 0.25) is 0 Å². The summed E-state index contributed by atoms with van der Waals surface area (Å²) < 4.78 is 7.84. The van der Waals surface area contributed by atoms with E-state index in [1.54, 1.807) is 25.2 Å². The fourth-order valence-corrected chi connectivity index (χ4v) is 1.81. The first-order valence-electron chi connectivity index (χ1n) is 6.18. The SMILES string of the molecule is Cn1c(COc2cccc(C(N)=O)c2)cc(=O)n(C)c1=O. The quantitative estimate of drug-likeness (QED) is 0.840.